The van der Waals surface area contributed by atoms with Crippen molar-refractivity contribution in [1.82, 2.24) is 0 Å². The van der Waals surface area contributed by atoms with Crippen LogP contribution in [-0.4, -0.2) is 17.6 Å². The van der Waals surface area contributed by atoms with Gasteiger partial charge in [-0.3, -0.25) is 0 Å². The van der Waals surface area contributed by atoms with Gasteiger partial charge in [0.1, 0.15) is 0 Å². The smallest absolute Gasteiger partial charge is 0.132 e. The normalized spacial score (nSPS) is 12.7. The molecule has 6 aromatic rings. The Morgan fingerprint density at radius 3 is 0.883 bits per heavy atom. The number of hydrogen-bond acceptors (Lipinski definition) is 0. The Morgan fingerprint density at radius 2 is 0.667 bits per heavy atom. The van der Waals surface area contributed by atoms with Crippen LogP contribution in [-0.2, 0) is 21.7 Å². The Balaban J connectivity index is 0.000000310. The van der Waals surface area contributed by atoms with Crippen LogP contribution in [0.2, 0.25) is 26.2 Å². The summed E-state index contributed by atoms with van der Waals surface area (Å²) in [4.78, 5) is 0. The summed E-state index contributed by atoms with van der Waals surface area (Å²) in [5.74, 6) is 1.13. The molecule has 0 atom stereocenters. The Labute approximate surface area is 395 Å². The first-order valence-corrected chi connectivity index (χ1v) is 27.0. The standard InChI is InChI=1S/2C28H38Si.2Li/c2*1-18(2)24-16-19-12-11-13-23(25(19)26(24)29(9)10)20-14-21(27(3,4)5)17-22(15-20)28(6,7)8;;/h2*11-18H,1-10H3;;/q2*-1;2*+1. The van der Waals surface area contributed by atoms with Gasteiger partial charge in [-0.2, -0.15) is 0 Å². The molecule has 0 amide bonds. The topological polar surface area (TPSA) is 0 Å². The summed E-state index contributed by atoms with van der Waals surface area (Å²) in [5, 5.41) is 9.09. The Bertz CT molecular complexity index is 2150. The van der Waals surface area contributed by atoms with Gasteiger partial charge in [-0.1, -0.05) is 218 Å². The summed E-state index contributed by atoms with van der Waals surface area (Å²) in [6, 6.07) is 33.3. The molecule has 0 unspecified atom stereocenters. The third-order valence-electron chi connectivity index (χ3n) is 12.1. The molecule has 60 heavy (non-hydrogen) atoms. The van der Waals surface area contributed by atoms with E-state index in [9.17, 15) is 0 Å². The first kappa shape index (κ1) is 52.1. The molecular formula is C56H76Li2Si2. The summed E-state index contributed by atoms with van der Waals surface area (Å²) in [5.41, 5.74) is 14.9. The van der Waals surface area contributed by atoms with E-state index in [0.29, 0.717) is 11.8 Å². The monoisotopic (exact) mass is 819 g/mol. The molecule has 0 aliphatic rings. The van der Waals surface area contributed by atoms with E-state index in [1.807, 2.05) is 0 Å². The SMILES string of the molecule is CC(C)c1cc2cccc(-c3cc(C(C)(C)C)cc(C(C)(C)C)c3)[c-]2c1[Si](C)C.CC(C)c1cc2cccc(-c3cc(C(C)(C)C)cc(C(C)(C)C)c3)[c-]2c1[Si](C)C.[Li+].[Li+]. The van der Waals surface area contributed by atoms with Gasteiger partial charge in [-0.15, -0.1) is 80.8 Å². The molecule has 0 N–H and O–H groups in total. The summed E-state index contributed by atoms with van der Waals surface area (Å²) in [7, 11) is -1.15. The zero-order valence-electron chi connectivity index (χ0n) is 42.2. The van der Waals surface area contributed by atoms with E-state index in [4.69, 9.17) is 0 Å². The maximum absolute atomic E-state index is 2.45. The van der Waals surface area contributed by atoms with Gasteiger partial charge in [-0.05, 0) is 43.9 Å². The van der Waals surface area contributed by atoms with Gasteiger partial charge in [-0.25, -0.2) is 0 Å². The van der Waals surface area contributed by atoms with Crippen molar-refractivity contribution in [2.45, 2.75) is 170 Å². The third-order valence-corrected chi connectivity index (χ3v) is 15.2. The van der Waals surface area contributed by atoms with Gasteiger partial charge >= 0.3 is 37.7 Å². The second-order valence-electron chi connectivity index (χ2n) is 22.4. The van der Waals surface area contributed by atoms with Crippen LogP contribution in [0.3, 0.4) is 0 Å². The summed E-state index contributed by atoms with van der Waals surface area (Å²) in [6.45, 7) is 47.0. The second kappa shape index (κ2) is 19.2. The van der Waals surface area contributed by atoms with Crippen molar-refractivity contribution >= 4 is 49.5 Å². The predicted molar refractivity (Wildman–Crippen MR) is 267 cm³/mol. The molecule has 0 saturated carbocycles. The molecule has 0 saturated heterocycles. The molecule has 0 nitrogen and oxygen atoms in total. The van der Waals surface area contributed by atoms with E-state index in [-0.39, 0.29) is 59.4 Å². The van der Waals surface area contributed by atoms with Crippen molar-refractivity contribution < 1.29 is 37.7 Å². The third kappa shape index (κ3) is 11.3. The minimum atomic E-state index is -0.574. The van der Waals surface area contributed by atoms with Gasteiger partial charge in [0.2, 0.25) is 0 Å². The van der Waals surface area contributed by atoms with E-state index in [1.165, 1.54) is 66.1 Å². The first-order valence-electron chi connectivity index (χ1n) is 22.0. The van der Waals surface area contributed by atoms with E-state index in [0.717, 1.165) is 0 Å². The molecule has 6 aromatic carbocycles. The van der Waals surface area contributed by atoms with Crippen LogP contribution < -0.4 is 48.1 Å². The molecule has 0 aliphatic heterocycles. The van der Waals surface area contributed by atoms with Crippen LogP contribution in [0.5, 0.6) is 0 Å². The van der Waals surface area contributed by atoms with Gasteiger partial charge in [0.15, 0.2) is 0 Å². The molecule has 0 bridgehead atoms. The molecular weight excluding hydrogens is 743 g/mol. The summed E-state index contributed by atoms with van der Waals surface area (Å²) < 4.78 is 0. The van der Waals surface area contributed by atoms with Gasteiger partial charge in [0.05, 0.1) is 17.6 Å². The van der Waals surface area contributed by atoms with Gasteiger partial charge in [0.25, 0.3) is 0 Å². The fourth-order valence-electron chi connectivity index (χ4n) is 8.47. The maximum Gasteiger partial charge on any atom is 1.00 e. The zero-order chi connectivity index (χ0) is 43.4. The van der Waals surface area contributed by atoms with Crippen LogP contribution in [0.15, 0.2) is 84.9 Å². The average molecular weight is 819 g/mol. The van der Waals surface area contributed by atoms with Crippen LogP contribution >= 0.6 is 0 Å². The van der Waals surface area contributed by atoms with E-state index in [1.54, 1.807) is 21.5 Å². The van der Waals surface area contributed by atoms with Crippen LogP contribution in [0.25, 0.3) is 43.8 Å². The van der Waals surface area contributed by atoms with Crippen molar-refractivity contribution in [2.75, 3.05) is 0 Å². The van der Waals surface area contributed by atoms with Crippen LogP contribution in [0, 0.1) is 0 Å². The summed E-state index contributed by atoms with van der Waals surface area (Å²) >= 11 is 0. The van der Waals surface area contributed by atoms with Crippen molar-refractivity contribution in [1.29, 1.82) is 0 Å². The van der Waals surface area contributed by atoms with Crippen LogP contribution in [0.1, 0.15) is 156 Å². The molecule has 6 rings (SSSR count). The van der Waals surface area contributed by atoms with E-state index < -0.39 is 17.6 Å². The molecule has 4 heteroatoms. The molecule has 0 aromatic heterocycles. The minimum absolute atomic E-state index is 0. The number of hydrogen-bond donors (Lipinski definition) is 0. The average Bonchev–Trinajstić information content (AvgIpc) is 3.70. The quantitative estimate of drug-likeness (QED) is 0.116. The van der Waals surface area contributed by atoms with Crippen molar-refractivity contribution in [3.05, 3.63) is 118 Å². The van der Waals surface area contributed by atoms with E-state index in [2.05, 4.69) is 222 Å². The van der Waals surface area contributed by atoms with Crippen LogP contribution in [0.4, 0.5) is 0 Å². The molecule has 0 aliphatic carbocycles. The van der Waals surface area contributed by atoms with E-state index >= 15 is 0 Å². The Hall–Kier alpha value is -2.27. The molecule has 0 fully saturated rings. The molecule has 2 radical (unpaired) electrons. The summed E-state index contributed by atoms with van der Waals surface area (Å²) in [6.07, 6.45) is 0. The Morgan fingerprint density at radius 1 is 0.400 bits per heavy atom. The predicted octanol–water partition coefficient (Wildman–Crippen LogP) is 9.82. The zero-order valence-corrected chi connectivity index (χ0v) is 44.2. The minimum Gasteiger partial charge on any atom is -0.132 e. The maximum atomic E-state index is 2.45. The fourth-order valence-corrected chi connectivity index (χ4v) is 11.9. The fraction of sp³-hybridized carbons (Fsp3) is 0.464. The Kier molecular flexibility index (Phi) is 16.7. The van der Waals surface area contributed by atoms with Crippen molar-refractivity contribution in [3.8, 4) is 22.3 Å². The van der Waals surface area contributed by atoms with Crippen molar-refractivity contribution in [2.24, 2.45) is 0 Å². The molecule has 310 valence electrons. The molecule has 0 heterocycles. The number of fused-ring (bicyclic) bond motifs is 2. The molecule has 0 spiro atoms. The van der Waals surface area contributed by atoms with Gasteiger partial charge in [0, 0.05) is 0 Å². The first-order chi connectivity index (χ1) is 26.6. The largest absolute Gasteiger partial charge is 1.00 e. The van der Waals surface area contributed by atoms with Crippen molar-refractivity contribution in [3.63, 3.8) is 0 Å². The number of rotatable bonds is 6. The van der Waals surface area contributed by atoms with Gasteiger partial charge < -0.3 is 0 Å². The second-order valence-corrected chi connectivity index (χ2v) is 27.4. The number of benzene rings is 4.